The van der Waals surface area contributed by atoms with Gasteiger partial charge in [-0.1, -0.05) is 20.4 Å². The SMILES string of the molecule is C=C1CC[C@@H]2[C@](C)(CO)[C@H](O)CC[C@@]2(C)[C@]1(O)/C=C/C1=CCOC1=O. The first-order valence-corrected chi connectivity index (χ1v) is 8.95. The smallest absolute Gasteiger partial charge is 0.338 e. The highest BCUT2D eigenvalue weighted by Crippen LogP contribution is 2.62. The second kappa shape index (κ2) is 6.08. The Labute approximate surface area is 148 Å². The molecule has 3 aliphatic rings. The maximum Gasteiger partial charge on any atom is 0.338 e. The van der Waals surface area contributed by atoms with Crippen LogP contribution in [-0.4, -0.2) is 46.2 Å². The average Bonchev–Trinajstić information content (AvgIpc) is 2.99. The van der Waals surface area contributed by atoms with Gasteiger partial charge in [0.2, 0.25) is 0 Å². The van der Waals surface area contributed by atoms with Crippen molar-refractivity contribution in [1.82, 2.24) is 0 Å². The van der Waals surface area contributed by atoms with E-state index in [0.29, 0.717) is 30.4 Å². The van der Waals surface area contributed by atoms with Gasteiger partial charge in [0, 0.05) is 10.8 Å². The van der Waals surface area contributed by atoms with Crippen LogP contribution in [0, 0.1) is 16.7 Å². The van der Waals surface area contributed by atoms with Crippen molar-refractivity contribution in [1.29, 1.82) is 0 Å². The lowest BCUT2D eigenvalue weighted by Gasteiger charge is -2.62. The summed E-state index contributed by atoms with van der Waals surface area (Å²) in [5, 5.41) is 32.1. The zero-order valence-corrected chi connectivity index (χ0v) is 15.0. The summed E-state index contributed by atoms with van der Waals surface area (Å²) in [4.78, 5) is 11.7. The van der Waals surface area contributed by atoms with Gasteiger partial charge in [-0.3, -0.25) is 0 Å². The van der Waals surface area contributed by atoms with Gasteiger partial charge in [0.05, 0.1) is 18.3 Å². The van der Waals surface area contributed by atoms with E-state index >= 15 is 0 Å². The molecular formula is C20H28O5. The summed E-state index contributed by atoms with van der Waals surface area (Å²) in [6, 6.07) is 0. The van der Waals surface area contributed by atoms with Gasteiger partial charge in [-0.25, -0.2) is 4.79 Å². The summed E-state index contributed by atoms with van der Waals surface area (Å²) in [5.74, 6) is -0.444. The van der Waals surface area contributed by atoms with Crippen LogP contribution in [0.1, 0.15) is 39.5 Å². The number of aliphatic hydroxyl groups excluding tert-OH is 2. The molecule has 2 aliphatic carbocycles. The molecule has 3 N–H and O–H groups in total. The summed E-state index contributed by atoms with van der Waals surface area (Å²) in [7, 11) is 0. The number of hydrogen-bond acceptors (Lipinski definition) is 5. The van der Waals surface area contributed by atoms with Crippen LogP contribution in [0.5, 0.6) is 0 Å². The minimum Gasteiger partial charge on any atom is -0.458 e. The Balaban J connectivity index is 2.01. The molecule has 2 saturated carbocycles. The molecule has 0 spiro atoms. The number of carbonyl (C=O) groups is 1. The largest absolute Gasteiger partial charge is 0.458 e. The molecule has 1 heterocycles. The molecular weight excluding hydrogens is 320 g/mol. The van der Waals surface area contributed by atoms with Gasteiger partial charge in [0.25, 0.3) is 0 Å². The minimum atomic E-state index is -1.30. The molecule has 0 unspecified atom stereocenters. The van der Waals surface area contributed by atoms with Crippen molar-refractivity contribution >= 4 is 5.97 Å². The van der Waals surface area contributed by atoms with E-state index < -0.39 is 22.5 Å². The third-order valence-electron chi connectivity index (χ3n) is 7.01. The first kappa shape index (κ1) is 18.4. The molecule has 0 aromatic rings. The molecule has 25 heavy (non-hydrogen) atoms. The highest BCUT2D eigenvalue weighted by Gasteiger charge is 2.62. The molecule has 5 nitrogen and oxygen atoms in total. The van der Waals surface area contributed by atoms with Gasteiger partial charge in [-0.15, -0.1) is 0 Å². The lowest BCUT2D eigenvalue weighted by molar-refractivity contribution is -0.187. The Morgan fingerprint density at radius 2 is 2.12 bits per heavy atom. The molecule has 138 valence electrons. The van der Waals surface area contributed by atoms with Gasteiger partial charge in [-0.2, -0.15) is 0 Å². The molecule has 0 radical (unpaired) electrons. The summed E-state index contributed by atoms with van der Waals surface area (Å²) in [6.45, 7) is 8.13. The van der Waals surface area contributed by atoms with Crippen LogP contribution in [0.3, 0.4) is 0 Å². The highest BCUT2D eigenvalue weighted by atomic mass is 16.5. The fourth-order valence-electron chi connectivity index (χ4n) is 5.16. The van der Waals surface area contributed by atoms with Crippen LogP contribution in [0.4, 0.5) is 0 Å². The second-order valence-corrected chi connectivity index (χ2v) is 8.19. The van der Waals surface area contributed by atoms with Crippen LogP contribution in [0.2, 0.25) is 0 Å². The number of carbonyl (C=O) groups excluding carboxylic acids is 1. The zero-order chi connectivity index (χ0) is 18.5. The van der Waals surface area contributed by atoms with E-state index in [1.54, 1.807) is 18.2 Å². The standard InChI is InChI=1S/C20H28O5/c1-13-4-5-15-18(2,12-21)16(22)7-9-19(15,3)20(13,24)10-6-14-8-11-25-17(14)23/h6,8,10,15-16,21-22,24H,1,4-5,7,9,11-12H2,2-3H3/b10-6+/t15-,16-,18+,19-,20+/m1/s1. The predicted octanol–water partition coefficient (Wildman–Crippen LogP) is 1.88. The molecule has 1 aliphatic heterocycles. The number of aliphatic hydroxyl groups is 3. The normalized spacial score (nSPS) is 44.6. The maximum atomic E-state index is 11.7. The van der Waals surface area contributed by atoms with Gasteiger partial charge >= 0.3 is 5.97 Å². The Bertz CT molecular complexity index is 650. The average molecular weight is 348 g/mol. The molecule has 5 heteroatoms. The van der Waals surface area contributed by atoms with Crippen LogP contribution < -0.4 is 0 Å². The lowest BCUT2D eigenvalue weighted by Crippen LogP contribution is -2.63. The van der Waals surface area contributed by atoms with Crippen molar-refractivity contribution in [3.8, 4) is 0 Å². The van der Waals surface area contributed by atoms with Gasteiger partial charge < -0.3 is 20.1 Å². The van der Waals surface area contributed by atoms with E-state index in [9.17, 15) is 20.1 Å². The molecule has 3 rings (SSSR count). The van der Waals surface area contributed by atoms with E-state index in [1.807, 2.05) is 13.8 Å². The Morgan fingerprint density at radius 1 is 1.40 bits per heavy atom. The third-order valence-corrected chi connectivity index (χ3v) is 7.01. The van der Waals surface area contributed by atoms with Crippen molar-refractivity contribution in [2.45, 2.75) is 51.2 Å². The lowest BCUT2D eigenvalue weighted by atomic mass is 9.45. The van der Waals surface area contributed by atoms with Crippen LogP contribution in [0.25, 0.3) is 0 Å². The quantitative estimate of drug-likeness (QED) is 0.535. The topological polar surface area (TPSA) is 87.0 Å². The summed E-state index contributed by atoms with van der Waals surface area (Å²) >= 11 is 0. The summed E-state index contributed by atoms with van der Waals surface area (Å²) < 4.78 is 4.91. The molecule has 2 fully saturated rings. The van der Waals surface area contributed by atoms with E-state index in [1.165, 1.54) is 0 Å². The first-order valence-electron chi connectivity index (χ1n) is 8.95. The number of cyclic esters (lactones) is 1. The summed E-state index contributed by atoms with van der Waals surface area (Å²) in [6.07, 6.45) is 6.90. The Morgan fingerprint density at radius 3 is 2.72 bits per heavy atom. The van der Waals surface area contributed by atoms with E-state index in [-0.39, 0.29) is 25.1 Å². The zero-order valence-electron chi connectivity index (χ0n) is 15.0. The van der Waals surface area contributed by atoms with Crippen LogP contribution >= 0.6 is 0 Å². The molecule has 0 aromatic heterocycles. The third kappa shape index (κ3) is 2.52. The molecule has 0 bridgehead atoms. The minimum absolute atomic E-state index is 0.0570. The summed E-state index contributed by atoms with van der Waals surface area (Å²) in [5.41, 5.74) is -1.38. The molecule has 5 atom stereocenters. The van der Waals surface area contributed by atoms with E-state index in [4.69, 9.17) is 4.74 Å². The molecule has 0 amide bonds. The highest BCUT2D eigenvalue weighted by molar-refractivity contribution is 5.93. The van der Waals surface area contributed by atoms with Crippen molar-refractivity contribution < 1.29 is 24.9 Å². The number of esters is 1. The second-order valence-electron chi connectivity index (χ2n) is 8.19. The van der Waals surface area contributed by atoms with Crippen molar-refractivity contribution in [2.75, 3.05) is 13.2 Å². The van der Waals surface area contributed by atoms with Gasteiger partial charge in [-0.05, 0) is 55.4 Å². The van der Waals surface area contributed by atoms with Gasteiger partial charge in [0.1, 0.15) is 12.2 Å². The van der Waals surface area contributed by atoms with E-state index in [2.05, 4.69) is 6.58 Å². The predicted molar refractivity (Wildman–Crippen MR) is 93.5 cm³/mol. The molecule has 0 aromatic carbocycles. The maximum absolute atomic E-state index is 11.7. The monoisotopic (exact) mass is 348 g/mol. The number of rotatable bonds is 3. The van der Waals surface area contributed by atoms with Crippen molar-refractivity contribution in [2.24, 2.45) is 16.7 Å². The number of hydrogen-bond donors (Lipinski definition) is 3. The van der Waals surface area contributed by atoms with Crippen LogP contribution in [-0.2, 0) is 9.53 Å². The number of ether oxygens (including phenoxy) is 1. The van der Waals surface area contributed by atoms with Crippen LogP contribution in [0.15, 0.2) is 36.0 Å². The van der Waals surface area contributed by atoms with Crippen molar-refractivity contribution in [3.63, 3.8) is 0 Å². The van der Waals surface area contributed by atoms with Crippen molar-refractivity contribution in [3.05, 3.63) is 36.0 Å². The first-order chi connectivity index (χ1) is 11.7. The Hall–Kier alpha value is -1.43. The fourth-order valence-corrected chi connectivity index (χ4v) is 5.16. The van der Waals surface area contributed by atoms with E-state index in [0.717, 1.165) is 6.42 Å². The number of fused-ring (bicyclic) bond motifs is 1. The Kier molecular flexibility index (Phi) is 4.46. The van der Waals surface area contributed by atoms with Gasteiger partial charge in [0.15, 0.2) is 0 Å². The fraction of sp³-hybridized carbons (Fsp3) is 0.650. The molecule has 0 saturated heterocycles.